The lowest BCUT2D eigenvalue weighted by atomic mass is 10.0. The molecule has 0 fully saturated rings. The molecule has 4 nitrogen and oxygen atoms in total. The van der Waals surface area contributed by atoms with Gasteiger partial charge < -0.3 is 9.80 Å². The Morgan fingerprint density at radius 1 is 1.50 bits per heavy atom. The Labute approximate surface area is 97.6 Å². The molecule has 0 aromatic carbocycles. The highest BCUT2D eigenvalue weighted by Crippen LogP contribution is 2.19. The maximum atomic E-state index is 12.3. The van der Waals surface area contributed by atoms with Gasteiger partial charge in [-0.05, 0) is 33.8 Å². The van der Waals surface area contributed by atoms with Crippen molar-refractivity contribution in [1.29, 1.82) is 0 Å². The molecule has 0 aliphatic carbocycles. The lowest BCUT2D eigenvalue weighted by Crippen LogP contribution is -2.55. The molecule has 1 aliphatic rings. The maximum Gasteiger partial charge on any atom is 0.247 e. The van der Waals surface area contributed by atoms with Crippen LogP contribution < -0.4 is 0 Å². The van der Waals surface area contributed by atoms with Crippen molar-refractivity contribution in [2.45, 2.75) is 39.3 Å². The van der Waals surface area contributed by atoms with Gasteiger partial charge in [0.05, 0.1) is 0 Å². The fraction of sp³-hybridized carbons (Fsp3) is 0.667. The zero-order valence-corrected chi connectivity index (χ0v) is 10.8. The smallest absolute Gasteiger partial charge is 0.247 e. The number of hydrogen-bond donors (Lipinski definition) is 0. The predicted octanol–water partition coefficient (Wildman–Crippen LogP) is 1.49. The first-order valence-corrected chi connectivity index (χ1v) is 5.58. The van der Waals surface area contributed by atoms with Gasteiger partial charge in [0.1, 0.15) is 12.2 Å². The van der Waals surface area contributed by atoms with Gasteiger partial charge in [0.25, 0.3) is 0 Å². The molecule has 0 aromatic rings. The van der Waals surface area contributed by atoms with Crippen molar-refractivity contribution in [3.63, 3.8) is 0 Å². The summed E-state index contributed by atoms with van der Waals surface area (Å²) < 4.78 is 0. The fourth-order valence-electron chi connectivity index (χ4n) is 1.54. The van der Waals surface area contributed by atoms with Gasteiger partial charge in [-0.2, -0.15) is 0 Å². The summed E-state index contributed by atoms with van der Waals surface area (Å²) in [5.74, 6) is 0.115. The Hall–Kier alpha value is -1.32. The number of amides is 1. The number of nitrogens with zero attached hydrogens (tertiary/aromatic N) is 3. The fourth-order valence-corrected chi connectivity index (χ4v) is 1.54. The highest BCUT2D eigenvalue weighted by molar-refractivity contribution is 5.86. The topological polar surface area (TPSA) is 35.9 Å². The highest BCUT2D eigenvalue weighted by Gasteiger charge is 2.36. The third-order valence-corrected chi connectivity index (χ3v) is 3.03. The van der Waals surface area contributed by atoms with E-state index in [0.29, 0.717) is 6.67 Å². The predicted molar refractivity (Wildman–Crippen MR) is 66.3 cm³/mol. The first kappa shape index (κ1) is 12.7. The summed E-state index contributed by atoms with van der Waals surface area (Å²) in [6.07, 6.45) is 5.52. The molecule has 0 bridgehead atoms. The van der Waals surface area contributed by atoms with E-state index in [0.717, 1.165) is 0 Å². The Bertz CT molecular complexity index is 318. The summed E-state index contributed by atoms with van der Waals surface area (Å²) in [5.41, 5.74) is -0.548. The van der Waals surface area contributed by atoms with Gasteiger partial charge >= 0.3 is 0 Å². The average Bonchev–Trinajstić information content (AvgIpc) is 2.28. The summed E-state index contributed by atoms with van der Waals surface area (Å²) in [4.78, 5) is 20.2. The number of carbonyl (C=O) groups excluding carboxylic acids is 1. The minimum atomic E-state index is -0.548. The molecule has 1 rings (SSSR count). The molecule has 1 amide bonds. The van der Waals surface area contributed by atoms with Gasteiger partial charge in [-0.3, -0.25) is 9.79 Å². The van der Waals surface area contributed by atoms with Crippen LogP contribution in [-0.2, 0) is 4.79 Å². The van der Waals surface area contributed by atoms with Gasteiger partial charge in [-0.25, -0.2) is 0 Å². The molecular weight excluding hydrogens is 202 g/mol. The van der Waals surface area contributed by atoms with Crippen molar-refractivity contribution < 1.29 is 4.79 Å². The van der Waals surface area contributed by atoms with Crippen molar-refractivity contribution in [2.24, 2.45) is 4.99 Å². The summed E-state index contributed by atoms with van der Waals surface area (Å²) in [6.45, 7) is 8.43. The molecule has 0 spiro atoms. The zero-order chi connectivity index (χ0) is 12.3. The van der Waals surface area contributed by atoms with Crippen LogP contribution >= 0.6 is 0 Å². The standard InChI is InChI=1S/C12H21N3O/c1-10(2)14(5)11(16)12(3,4)15-8-6-7-13-9-15/h6-8,10H,9H2,1-5H3. The minimum Gasteiger partial charge on any atom is -0.344 e. The number of carbonyl (C=O) groups is 1. The van der Waals surface area contributed by atoms with Crippen molar-refractivity contribution >= 4 is 12.1 Å². The SMILES string of the molecule is CC(C)N(C)C(=O)C(C)(C)N1C=CC=NC1. The Kier molecular flexibility index (Phi) is 3.73. The lowest BCUT2D eigenvalue weighted by Gasteiger charge is -2.39. The van der Waals surface area contributed by atoms with E-state index in [1.165, 1.54) is 0 Å². The van der Waals surface area contributed by atoms with Crippen molar-refractivity contribution in [1.82, 2.24) is 9.80 Å². The molecule has 0 unspecified atom stereocenters. The van der Waals surface area contributed by atoms with Gasteiger partial charge in [0.2, 0.25) is 5.91 Å². The zero-order valence-electron chi connectivity index (χ0n) is 10.8. The lowest BCUT2D eigenvalue weighted by molar-refractivity contribution is -0.141. The monoisotopic (exact) mass is 223 g/mol. The second kappa shape index (κ2) is 4.68. The number of allylic oxidation sites excluding steroid dienone is 1. The molecule has 0 radical (unpaired) electrons. The molecule has 90 valence electrons. The summed E-state index contributed by atoms with van der Waals surface area (Å²) in [6, 6.07) is 0.212. The molecule has 16 heavy (non-hydrogen) atoms. The third-order valence-electron chi connectivity index (χ3n) is 3.03. The maximum absolute atomic E-state index is 12.3. The van der Waals surface area contributed by atoms with Crippen LogP contribution in [0.25, 0.3) is 0 Å². The normalized spacial score (nSPS) is 15.8. The molecule has 1 heterocycles. The Morgan fingerprint density at radius 3 is 2.56 bits per heavy atom. The van der Waals surface area contributed by atoms with E-state index in [1.807, 2.05) is 51.9 Å². The third kappa shape index (κ3) is 2.43. The van der Waals surface area contributed by atoms with Crippen molar-refractivity contribution in [3.05, 3.63) is 12.3 Å². The van der Waals surface area contributed by atoms with Crippen LogP contribution in [0.2, 0.25) is 0 Å². The quantitative estimate of drug-likeness (QED) is 0.726. The largest absolute Gasteiger partial charge is 0.344 e. The van der Waals surface area contributed by atoms with Crippen LogP contribution in [0.1, 0.15) is 27.7 Å². The van der Waals surface area contributed by atoms with E-state index in [2.05, 4.69) is 4.99 Å². The number of hydrogen-bond acceptors (Lipinski definition) is 3. The molecule has 0 atom stereocenters. The van der Waals surface area contributed by atoms with E-state index >= 15 is 0 Å². The van der Waals surface area contributed by atoms with E-state index in [9.17, 15) is 4.79 Å². The van der Waals surface area contributed by atoms with Crippen LogP contribution in [0.3, 0.4) is 0 Å². The van der Waals surface area contributed by atoms with Crippen molar-refractivity contribution in [3.8, 4) is 0 Å². The number of aliphatic imine (C=N–C) groups is 1. The van der Waals surface area contributed by atoms with E-state index in [-0.39, 0.29) is 11.9 Å². The summed E-state index contributed by atoms with van der Waals surface area (Å²) in [5, 5.41) is 0. The van der Waals surface area contributed by atoms with E-state index < -0.39 is 5.54 Å². The molecule has 0 N–H and O–H groups in total. The van der Waals surface area contributed by atoms with Crippen LogP contribution in [0.15, 0.2) is 17.3 Å². The van der Waals surface area contributed by atoms with Crippen LogP contribution in [0.4, 0.5) is 0 Å². The van der Waals surface area contributed by atoms with Gasteiger partial charge in [0.15, 0.2) is 0 Å². The summed E-state index contributed by atoms with van der Waals surface area (Å²) in [7, 11) is 1.84. The van der Waals surface area contributed by atoms with Gasteiger partial charge in [-0.1, -0.05) is 0 Å². The molecule has 0 saturated carbocycles. The van der Waals surface area contributed by atoms with E-state index in [1.54, 1.807) is 11.1 Å². The Morgan fingerprint density at radius 2 is 2.12 bits per heavy atom. The van der Waals surface area contributed by atoms with E-state index in [4.69, 9.17) is 0 Å². The minimum absolute atomic E-state index is 0.115. The second-order valence-electron chi connectivity index (χ2n) is 4.85. The van der Waals surface area contributed by atoms with Crippen LogP contribution in [0.5, 0.6) is 0 Å². The highest BCUT2D eigenvalue weighted by atomic mass is 16.2. The summed E-state index contributed by atoms with van der Waals surface area (Å²) >= 11 is 0. The van der Waals surface area contributed by atoms with Crippen LogP contribution in [0, 0.1) is 0 Å². The average molecular weight is 223 g/mol. The molecular formula is C12H21N3O. The molecule has 0 aromatic heterocycles. The van der Waals surface area contributed by atoms with Gasteiger partial charge in [-0.15, -0.1) is 0 Å². The van der Waals surface area contributed by atoms with Crippen molar-refractivity contribution in [2.75, 3.05) is 13.7 Å². The number of rotatable bonds is 3. The molecule has 1 aliphatic heterocycles. The molecule has 0 saturated heterocycles. The first-order chi connectivity index (χ1) is 7.37. The second-order valence-corrected chi connectivity index (χ2v) is 4.85. The van der Waals surface area contributed by atoms with Crippen LogP contribution in [-0.4, -0.2) is 47.2 Å². The number of likely N-dealkylation sites (N-methyl/N-ethyl adjacent to an activating group) is 1. The van der Waals surface area contributed by atoms with Gasteiger partial charge in [0, 0.05) is 25.5 Å². The first-order valence-electron chi connectivity index (χ1n) is 5.58. The Balaban J connectivity index is 2.80. The molecule has 4 heteroatoms.